The number of anilines is 1. The van der Waals surface area contributed by atoms with E-state index >= 15 is 0 Å². The Labute approximate surface area is 104 Å². The molecule has 0 bridgehead atoms. The van der Waals surface area contributed by atoms with E-state index in [-0.39, 0.29) is 6.10 Å². The van der Waals surface area contributed by atoms with Crippen molar-refractivity contribution in [1.82, 2.24) is 10.1 Å². The molecular weight excluding hydrogens is 238 g/mol. The van der Waals surface area contributed by atoms with Gasteiger partial charge in [0.15, 0.2) is 0 Å². The average Bonchev–Trinajstić information content (AvgIpc) is 2.85. The number of thiophene rings is 1. The van der Waals surface area contributed by atoms with Crippen molar-refractivity contribution < 1.29 is 9.26 Å². The molecule has 2 heterocycles. The molecule has 2 aromatic rings. The van der Waals surface area contributed by atoms with E-state index in [1.54, 1.807) is 7.11 Å². The van der Waals surface area contributed by atoms with Gasteiger partial charge in [0.2, 0.25) is 5.82 Å². The first-order valence-electron chi connectivity index (χ1n) is 5.26. The van der Waals surface area contributed by atoms with Crippen molar-refractivity contribution in [1.29, 1.82) is 0 Å². The zero-order chi connectivity index (χ0) is 12.6. The molecule has 2 N–H and O–H groups in total. The summed E-state index contributed by atoms with van der Waals surface area (Å²) in [5.41, 5.74) is 7.88. The fourth-order valence-corrected chi connectivity index (χ4v) is 2.45. The van der Waals surface area contributed by atoms with Crippen LogP contribution in [-0.2, 0) is 4.74 Å². The second-order valence-corrected chi connectivity index (χ2v) is 5.11. The summed E-state index contributed by atoms with van der Waals surface area (Å²) in [6.07, 6.45) is -0.186. The molecule has 5 nitrogen and oxygen atoms in total. The number of hydrogen-bond acceptors (Lipinski definition) is 6. The minimum absolute atomic E-state index is 0.186. The normalized spacial score (nSPS) is 12.9. The zero-order valence-corrected chi connectivity index (χ0v) is 11.1. The summed E-state index contributed by atoms with van der Waals surface area (Å²) < 4.78 is 10.4. The molecular formula is C11H15N3O2S. The van der Waals surface area contributed by atoms with Gasteiger partial charge in [0, 0.05) is 12.0 Å². The number of nitrogens with two attached hydrogens (primary N) is 1. The van der Waals surface area contributed by atoms with E-state index in [1.165, 1.54) is 11.3 Å². The molecule has 6 heteroatoms. The van der Waals surface area contributed by atoms with E-state index in [2.05, 4.69) is 10.1 Å². The van der Waals surface area contributed by atoms with E-state index in [9.17, 15) is 0 Å². The van der Waals surface area contributed by atoms with Crippen molar-refractivity contribution in [3.63, 3.8) is 0 Å². The van der Waals surface area contributed by atoms with Crippen LogP contribution in [0.15, 0.2) is 4.52 Å². The Morgan fingerprint density at radius 1 is 1.41 bits per heavy atom. The molecule has 0 saturated carbocycles. The SMILES string of the molecule is COC(C)c1noc(-c2c(N)sc(C)c2C)n1. The van der Waals surface area contributed by atoms with E-state index in [0.29, 0.717) is 16.7 Å². The summed E-state index contributed by atoms with van der Waals surface area (Å²) in [7, 11) is 1.61. The predicted octanol–water partition coefficient (Wildman–Crippen LogP) is 2.70. The molecule has 0 aromatic carbocycles. The molecule has 2 rings (SSSR count). The highest BCUT2D eigenvalue weighted by Crippen LogP contribution is 2.37. The topological polar surface area (TPSA) is 74.2 Å². The summed E-state index contributed by atoms with van der Waals surface area (Å²) in [5.74, 6) is 0.994. The van der Waals surface area contributed by atoms with Gasteiger partial charge in [-0.3, -0.25) is 0 Å². The van der Waals surface area contributed by atoms with Crippen LogP contribution in [0, 0.1) is 13.8 Å². The van der Waals surface area contributed by atoms with Crippen molar-refractivity contribution >= 4 is 16.3 Å². The highest BCUT2D eigenvalue weighted by molar-refractivity contribution is 7.16. The molecule has 0 spiro atoms. The Morgan fingerprint density at radius 2 is 2.12 bits per heavy atom. The van der Waals surface area contributed by atoms with Gasteiger partial charge in [0.05, 0.1) is 10.6 Å². The zero-order valence-electron chi connectivity index (χ0n) is 10.3. The number of rotatable bonds is 3. The lowest BCUT2D eigenvalue weighted by molar-refractivity contribution is 0.109. The first-order chi connectivity index (χ1) is 8.04. The fourth-order valence-electron chi connectivity index (χ4n) is 1.53. The van der Waals surface area contributed by atoms with Crippen LogP contribution >= 0.6 is 11.3 Å². The van der Waals surface area contributed by atoms with Crippen molar-refractivity contribution in [2.75, 3.05) is 12.8 Å². The van der Waals surface area contributed by atoms with Gasteiger partial charge in [-0.1, -0.05) is 5.16 Å². The third-order valence-corrected chi connectivity index (χ3v) is 3.82. The molecule has 0 saturated heterocycles. The molecule has 92 valence electrons. The minimum atomic E-state index is -0.186. The Hall–Kier alpha value is -1.40. The number of nitrogens with zero attached hydrogens (tertiary/aromatic N) is 2. The van der Waals surface area contributed by atoms with Crippen molar-refractivity contribution in [3.05, 3.63) is 16.3 Å². The summed E-state index contributed by atoms with van der Waals surface area (Å²) in [6, 6.07) is 0. The maximum Gasteiger partial charge on any atom is 0.261 e. The predicted molar refractivity (Wildman–Crippen MR) is 66.9 cm³/mol. The van der Waals surface area contributed by atoms with Crippen LogP contribution in [0.3, 0.4) is 0 Å². The lowest BCUT2D eigenvalue weighted by Crippen LogP contribution is -1.97. The van der Waals surface area contributed by atoms with Crippen molar-refractivity contribution in [2.24, 2.45) is 0 Å². The van der Waals surface area contributed by atoms with Crippen LogP contribution in [0.1, 0.15) is 29.3 Å². The van der Waals surface area contributed by atoms with Crippen LogP contribution < -0.4 is 5.73 Å². The molecule has 1 atom stereocenters. The molecule has 1 unspecified atom stereocenters. The van der Waals surface area contributed by atoms with Crippen LogP contribution in [0.5, 0.6) is 0 Å². The second kappa shape index (κ2) is 4.46. The molecule has 0 radical (unpaired) electrons. The van der Waals surface area contributed by atoms with Gasteiger partial charge in [-0.2, -0.15) is 4.98 Å². The third kappa shape index (κ3) is 2.05. The highest BCUT2D eigenvalue weighted by Gasteiger charge is 2.20. The smallest absolute Gasteiger partial charge is 0.261 e. The van der Waals surface area contributed by atoms with Crippen molar-refractivity contribution in [2.45, 2.75) is 26.9 Å². The molecule has 0 amide bonds. The standard InChI is InChI=1S/C11H15N3O2S/c1-5-7(3)17-9(12)8(5)11-13-10(14-16-11)6(2)15-4/h6H,12H2,1-4H3. The van der Waals surface area contributed by atoms with E-state index in [1.807, 2.05) is 20.8 Å². The number of nitrogen functional groups attached to an aromatic ring is 1. The number of hydrogen-bond donors (Lipinski definition) is 1. The van der Waals surface area contributed by atoms with Crippen LogP contribution in [0.25, 0.3) is 11.5 Å². The highest BCUT2D eigenvalue weighted by atomic mass is 32.1. The molecule has 0 aliphatic carbocycles. The minimum Gasteiger partial charge on any atom is -0.390 e. The summed E-state index contributed by atoms with van der Waals surface area (Å²) in [4.78, 5) is 5.47. The molecule has 17 heavy (non-hydrogen) atoms. The largest absolute Gasteiger partial charge is 0.390 e. The van der Waals surface area contributed by atoms with Gasteiger partial charge in [-0.25, -0.2) is 0 Å². The van der Waals surface area contributed by atoms with Gasteiger partial charge in [0.25, 0.3) is 5.89 Å². The molecule has 0 fully saturated rings. The molecule has 0 aliphatic heterocycles. The third-order valence-electron chi connectivity index (χ3n) is 2.79. The van der Waals surface area contributed by atoms with Gasteiger partial charge >= 0.3 is 0 Å². The number of aryl methyl sites for hydroxylation is 1. The van der Waals surface area contributed by atoms with Gasteiger partial charge in [0.1, 0.15) is 6.10 Å². The fraction of sp³-hybridized carbons (Fsp3) is 0.455. The van der Waals surface area contributed by atoms with Gasteiger partial charge in [-0.05, 0) is 26.3 Å². The Bertz CT molecular complexity index is 533. The van der Waals surface area contributed by atoms with Crippen LogP contribution in [-0.4, -0.2) is 17.3 Å². The summed E-state index contributed by atoms with van der Waals surface area (Å²) in [5, 5.41) is 4.60. The average molecular weight is 253 g/mol. The first kappa shape index (κ1) is 12.1. The lowest BCUT2D eigenvalue weighted by Gasteiger charge is -2.01. The molecule has 0 aliphatic rings. The van der Waals surface area contributed by atoms with Crippen molar-refractivity contribution in [3.8, 4) is 11.5 Å². The second-order valence-electron chi connectivity index (χ2n) is 3.86. The number of aromatic nitrogens is 2. The van der Waals surface area contributed by atoms with E-state index in [0.717, 1.165) is 16.0 Å². The van der Waals surface area contributed by atoms with Gasteiger partial charge in [-0.15, -0.1) is 11.3 Å². The summed E-state index contributed by atoms with van der Waals surface area (Å²) >= 11 is 1.53. The maximum absolute atomic E-state index is 5.95. The lowest BCUT2D eigenvalue weighted by atomic mass is 10.1. The quantitative estimate of drug-likeness (QED) is 0.910. The Balaban J connectivity index is 2.43. The van der Waals surface area contributed by atoms with Crippen LogP contribution in [0.4, 0.5) is 5.00 Å². The summed E-state index contributed by atoms with van der Waals surface area (Å²) in [6.45, 7) is 5.89. The number of methoxy groups -OCH3 is 1. The Morgan fingerprint density at radius 3 is 2.65 bits per heavy atom. The molecule has 2 aromatic heterocycles. The maximum atomic E-state index is 5.95. The monoisotopic (exact) mass is 253 g/mol. The van der Waals surface area contributed by atoms with E-state index < -0.39 is 0 Å². The number of ether oxygens (including phenoxy) is 1. The Kier molecular flexibility index (Phi) is 3.17. The first-order valence-corrected chi connectivity index (χ1v) is 6.08. The van der Waals surface area contributed by atoms with Gasteiger partial charge < -0.3 is 15.0 Å². The van der Waals surface area contributed by atoms with Crippen LogP contribution in [0.2, 0.25) is 0 Å². The van der Waals surface area contributed by atoms with E-state index in [4.69, 9.17) is 15.0 Å².